The quantitative estimate of drug-likeness (QED) is 0.639. The van der Waals surface area contributed by atoms with E-state index in [1.54, 1.807) is 0 Å². The number of aryl methyl sites for hydroxylation is 1. The van der Waals surface area contributed by atoms with Crippen molar-refractivity contribution in [2.75, 3.05) is 38.1 Å². The SMILES string of the molecule is CC1CCCN(CCCNC(=O)CCCOc2ccc3c(c2)CCC(=O)N3)C1. The van der Waals surface area contributed by atoms with Crippen LogP contribution in [0.5, 0.6) is 5.75 Å². The molecule has 6 nitrogen and oxygen atoms in total. The lowest BCUT2D eigenvalue weighted by Crippen LogP contribution is -2.36. The van der Waals surface area contributed by atoms with Gasteiger partial charge in [0.25, 0.3) is 0 Å². The maximum absolute atomic E-state index is 12.0. The van der Waals surface area contributed by atoms with Gasteiger partial charge in [-0.2, -0.15) is 0 Å². The molecule has 0 bridgehead atoms. The molecule has 2 amide bonds. The number of rotatable bonds is 9. The predicted octanol–water partition coefficient (Wildman–Crippen LogP) is 2.97. The minimum Gasteiger partial charge on any atom is -0.494 e. The Morgan fingerprint density at radius 3 is 3.07 bits per heavy atom. The number of benzene rings is 1. The molecule has 1 aromatic rings. The number of nitrogens with zero attached hydrogens (tertiary/aromatic N) is 1. The van der Waals surface area contributed by atoms with Gasteiger partial charge in [-0.25, -0.2) is 0 Å². The van der Waals surface area contributed by atoms with E-state index in [0.717, 1.165) is 48.8 Å². The largest absolute Gasteiger partial charge is 0.494 e. The van der Waals surface area contributed by atoms with E-state index in [-0.39, 0.29) is 11.8 Å². The second-order valence-corrected chi connectivity index (χ2v) is 8.07. The maximum Gasteiger partial charge on any atom is 0.224 e. The smallest absolute Gasteiger partial charge is 0.224 e. The van der Waals surface area contributed by atoms with Crippen molar-refractivity contribution in [3.05, 3.63) is 23.8 Å². The van der Waals surface area contributed by atoms with Gasteiger partial charge in [0.15, 0.2) is 0 Å². The van der Waals surface area contributed by atoms with Crippen LogP contribution in [-0.2, 0) is 16.0 Å². The van der Waals surface area contributed by atoms with Gasteiger partial charge in [-0.1, -0.05) is 6.92 Å². The van der Waals surface area contributed by atoms with E-state index in [2.05, 4.69) is 22.5 Å². The zero-order chi connectivity index (χ0) is 19.8. The van der Waals surface area contributed by atoms with Crippen LogP contribution in [0, 0.1) is 5.92 Å². The highest BCUT2D eigenvalue weighted by Gasteiger charge is 2.16. The van der Waals surface area contributed by atoms with Gasteiger partial charge >= 0.3 is 0 Å². The molecule has 1 fully saturated rings. The number of anilines is 1. The first-order valence-electron chi connectivity index (χ1n) is 10.6. The van der Waals surface area contributed by atoms with Gasteiger partial charge in [-0.05, 0) is 74.9 Å². The molecular weight excluding hydrogens is 354 g/mol. The minimum atomic E-state index is 0.0673. The Hall–Kier alpha value is -2.08. The molecule has 2 heterocycles. The van der Waals surface area contributed by atoms with E-state index in [1.165, 1.54) is 25.9 Å². The molecule has 0 aliphatic carbocycles. The summed E-state index contributed by atoms with van der Waals surface area (Å²) in [6.45, 7) is 7.06. The molecule has 0 saturated carbocycles. The molecule has 0 radical (unpaired) electrons. The number of hydrogen-bond donors (Lipinski definition) is 2. The van der Waals surface area contributed by atoms with Gasteiger partial charge in [-0.3, -0.25) is 9.59 Å². The average Bonchev–Trinajstić information content (AvgIpc) is 2.69. The molecule has 0 aromatic heterocycles. The number of likely N-dealkylation sites (tertiary alicyclic amines) is 1. The van der Waals surface area contributed by atoms with Crippen molar-refractivity contribution in [2.24, 2.45) is 5.92 Å². The van der Waals surface area contributed by atoms with Crippen molar-refractivity contribution in [3.63, 3.8) is 0 Å². The van der Waals surface area contributed by atoms with E-state index in [9.17, 15) is 9.59 Å². The number of ether oxygens (including phenoxy) is 1. The summed E-state index contributed by atoms with van der Waals surface area (Å²) in [6.07, 6.45) is 6.11. The van der Waals surface area contributed by atoms with Crippen LogP contribution < -0.4 is 15.4 Å². The highest BCUT2D eigenvalue weighted by molar-refractivity contribution is 5.94. The van der Waals surface area contributed by atoms with Crippen LogP contribution in [0.1, 0.15) is 51.0 Å². The van der Waals surface area contributed by atoms with Crippen LogP contribution in [0.15, 0.2) is 18.2 Å². The van der Waals surface area contributed by atoms with Crippen LogP contribution in [0.2, 0.25) is 0 Å². The first-order valence-corrected chi connectivity index (χ1v) is 10.6. The van der Waals surface area contributed by atoms with Crippen molar-refractivity contribution in [1.29, 1.82) is 0 Å². The fourth-order valence-electron chi connectivity index (χ4n) is 3.98. The van der Waals surface area contributed by atoms with E-state index in [1.807, 2.05) is 18.2 Å². The summed E-state index contributed by atoms with van der Waals surface area (Å²) in [4.78, 5) is 25.9. The number of carbonyl (C=O) groups excluding carboxylic acids is 2. The standard InChI is InChI=1S/C22H33N3O3/c1-17-5-2-12-25(16-17)13-4-11-23-21(26)6-3-14-28-19-8-9-20-18(15-19)7-10-22(27)24-20/h8-9,15,17H,2-7,10-14,16H2,1H3,(H,23,26)(H,24,27). The van der Waals surface area contributed by atoms with Crippen LogP contribution in [0.4, 0.5) is 5.69 Å². The Morgan fingerprint density at radius 2 is 2.21 bits per heavy atom. The van der Waals surface area contributed by atoms with Crippen LogP contribution in [-0.4, -0.2) is 49.5 Å². The monoisotopic (exact) mass is 387 g/mol. The summed E-state index contributed by atoms with van der Waals surface area (Å²) in [5.41, 5.74) is 1.99. The van der Waals surface area contributed by atoms with Gasteiger partial charge in [0, 0.05) is 31.6 Å². The van der Waals surface area contributed by atoms with Gasteiger partial charge in [0.2, 0.25) is 11.8 Å². The highest BCUT2D eigenvalue weighted by Crippen LogP contribution is 2.26. The predicted molar refractivity (Wildman–Crippen MR) is 111 cm³/mol. The molecule has 1 unspecified atom stereocenters. The number of piperidine rings is 1. The number of fused-ring (bicyclic) bond motifs is 1. The fourth-order valence-corrected chi connectivity index (χ4v) is 3.98. The topological polar surface area (TPSA) is 70.7 Å². The third-order valence-corrected chi connectivity index (χ3v) is 5.50. The molecule has 154 valence electrons. The van der Waals surface area contributed by atoms with Gasteiger partial charge in [0.05, 0.1) is 6.61 Å². The van der Waals surface area contributed by atoms with E-state index in [0.29, 0.717) is 25.9 Å². The zero-order valence-electron chi connectivity index (χ0n) is 17.0. The Balaban J connectivity index is 1.25. The second-order valence-electron chi connectivity index (χ2n) is 8.07. The molecule has 2 aliphatic rings. The summed E-state index contributed by atoms with van der Waals surface area (Å²) in [5, 5.41) is 5.88. The Morgan fingerprint density at radius 1 is 1.32 bits per heavy atom. The number of nitrogens with one attached hydrogen (secondary N) is 2. The summed E-state index contributed by atoms with van der Waals surface area (Å²) in [7, 11) is 0. The normalized spacial score (nSPS) is 19.6. The van der Waals surface area contributed by atoms with Crippen molar-refractivity contribution in [1.82, 2.24) is 10.2 Å². The summed E-state index contributed by atoms with van der Waals surface area (Å²) >= 11 is 0. The van der Waals surface area contributed by atoms with E-state index in [4.69, 9.17) is 4.74 Å². The molecule has 1 aromatic carbocycles. The summed E-state index contributed by atoms with van der Waals surface area (Å²) in [6, 6.07) is 5.74. The van der Waals surface area contributed by atoms with E-state index < -0.39 is 0 Å². The molecule has 28 heavy (non-hydrogen) atoms. The average molecular weight is 388 g/mol. The lowest BCUT2D eigenvalue weighted by molar-refractivity contribution is -0.121. The summed E-state index contributed by atoms with van der Waals surface area (Å²) in [5.74, 6) is 1.77. The molecule has 2 aliphatic heterocycles. The van der Waals surface area contributed by atoms with Crippen molar-refractivity contribution in [2.45, 2.75) is 51.9 Å². The first-order chi connectivity index (χ1) is 13.6. The van der Waals surface area contributed by atoms with Crippen molar-refractivity contribution in [3.8, 4) is 5.75 Å². The number of amides is 2. The number of carbonyl (C=O) groups is 2. The maximum atomic E-state index is 12.0. The van der Waals surface area contributed by atoms with Gasteiger partial charge < -0.3 is 20.3 Å². The second kappa shape index (κ2) is 10.5. The van der Waals surface area contributed by atoms with E-state index >= 15 is 0 Å². The molecule has 1 atom stereocenters. The molecule has 2 N–H and O–H groups in total. The fraction of sp³-hybridized carbons (Fsp3) is 0.636. The Labute approximate surface area is 168 Å². The van der Waals surface area contributed by atoms with Crippen LogP contribution >= 0.6 is 0 Å². The van der Waals surface area contributed by atoms with Gasteiger partial charge in [0.1, 0.15) is 5.75 Å². The Bertz CT molecular complexity index is 677. The molecule has 3 rings (SSSR count). The molecule has 1 saturated heterocycles. The molecule has 0 spiro atoms. The third-order valence-electron chi connectivity index (χ3n) is 5.50. The molecular formula is C22H33N3O3. The Kier molecular flexibility index (Phi) is 7.71. The summed E-state index contributed by atoms with van der Waals surface area (Å²) < 4.78 is 5.76. The molecule has 6 heteroatoms. The van der Waals surface area contributed by atoms with Crippen molar-refractivity contribution >= 4 is 17.5 Å². The lowest BCUT2D eigenvalue weighted by atomic mass is 10.0. The van der Waals surface area contributed by atoms with Crippen LogP contribution in [0.3, 0.4) is 0 Å². The highest BCUT2D eigenvalue weighted by atomic mass is 16.5. The number of hydrogen-bond acceptors (Lipinski definition) is 4. The first kappa shape index (κ1) is 20.6. The van der Waals surface area contributed by atoms with Gasteiger partial charge in [-0.15, -0.1) is 0 Å². The third kappa shape index (κ3) is 6.51. The lowest BCUT2D eigenvalue weighted by Gasteiger charge is -2.30. The van der Waals surface area contributed by atoms with Crippen molar-refractivity contribution < 1.29 is 14.3 Å². The van der Waals surface area contributed by atoms with Crippen LogP contribution in [0.25, 0.3) is 0 Å². The zero-order valence-corrected chi connectivity index (χ0v) is 17.0. The minimum absolute atomic E-state index is 0.0673.